The molecule has 2 aromatic rings. The molecule has 1 saturated carbocycles. The maximum Gasteiger partial charge on any atom is 0.141 e. The first-order valence-electron chi connectivity index (χ1n) is 6.43. The molecule has 0 saturated heterocycles. The zero-order valence-electron chi connectivity index (χ0n) is 11.0. The molecule has 19 heavy (non-hydrogen) atoms. The van der Waals surface area contributed by atoms with Crippen LogP contribution in [0.3, 0.4) is 0 Å². The lowest BCUT2D eigenvalue weighted by Gasteiger charge is -2.15. The molecule has 3 rings (SSSR count). The quantitative estimate of drug-likeness (QED) is 0.910. The number of methoxy groups -OCH3 is 1. The number of benzene rings is 1. The van der Waals surface area contributed by atoms with Crippen molar-refractivity contribution in [3.63, 3.8) is 0 Å². The Morgan fingerprint density at radius 3 is 2.58 bits per heavy atom. The van der Waals surface area contributed by atoms with E-state index in [9.17, 15) is 0 Å². The van der Waals surface area contributed by atoms with Gasteiger partial charge in [0.2, 0.25) is 0 Å². The van der Waals surface area contributed by atoms with E-state index in [0.29, 0.717) is 12.4 Å². The van der Waals surface area contributed by atoms with E-state index in [2.05, 4.69) is 34.2 Å². The summed E-state index contributed by atoms with van der Waals surface area (Å²) in [4.78, 5) is 9.06. The van der Waals surface area contributed by atoms with Crippen LogP contribution >= 0.6 is 0 Å². The SMILES string of the molecule is COCc1cc(N)nc(C2(c3ccccc3)CC2)n1. The smallest absolute Gasteiger partial charge is 0.141 e. The second-order valence-corrected chi connectivity index (χ2v) is 4.99. The molecule has 0 radical (unpaired) electrons. The van der Waals surface area contributed by atoms with Gasteiger partial charge < -0.3 is 10.5 Å². The van der Waals surface area contributed by atoms with Crippen LogP contribution in [-0.2, 0) is 16.8 Å². The van der Waals surface area contributed by atoms with Gasteiger partial charge >= 0.3 is 0 Å². The van der Waals surface area contributed by atoms with Crippen LogP contribution in [0.25, 0.3) is 0 Å². The van der Waals surface area contributed by atoms with Crippen molar-refractivity contribution in [1.82, 2.24) is 9.97 Å². The first-order valence-corrected chi connectivity index (χ1v) is 6.43. The van der Waals surface area contributed by atoms with E-state index in [1.807, 2.05) is 6.07 Å². The molecule has 2 N–H and O–H groups in total. The Labute approximate surface area is 112 Å². The predicted octanol–water partition coefficient (Wildman–Crippen LogP) is 2.29. The Hall–Kier alpha value is -1.94. The Morgan fingerprint density at radius 1 is 1.21 bits per heavy atom. The summed E-state index contributed by atoms with van der Waals surface area (Å²) in [5, 5.41) is 0. The van der Waals surface area contributed by atoms with E-state index in [1.54, 1.807) is 13.2 Å². The fourth-order valence-electron chi connectivity index (χ4n) is 2.48. The van der Waals surface area contributed by atoms with Crippen LogP contribution in [-0.4, -0.2) is 17.1 Å². The summed E-state index contributed by atoms with van der Waals surface area (Å²) in [6, 6.07) is 12.2. The molecule has 0 atom stereocenters. The number of nitrogens with zero attached hydrogens (tertiary/aromatic N) is 2. The molecule has 98 valence electrons. The molecule has 1 fully saturated rings. The molecule has 0 aliphatic heterocycles. The molecule has 0 amide bonds. The maximum absolute atomic E-state index is 5.89. The fraction of sp³-hybridized carbons (Fsp3) is 0.333. The van der Waals surface area contributed by atoms with Crippen molar-refractivity contribution in [3.05, 3.63) is 53.5 Å². The second kappa shape index (κ2) is 4.63. The molecule has 1 aliphatic rings. The van der Waals surface area contributed by atoms with Gasteiger partial charge in [0.15, 0.2) is 0 Å². The normalized spacial score (nSPS) is 16.3. The van der Waals surface area contributed by atoms with Crippen LogP contribution in [0.5, 0.6) is 0 Å². The van der Waals surface area contributed by atoms with E-state index in [0.717, 1.165) is 24.4 Å². The third-order valence-corrected chi connectivity index (χ3v) is 3.60. The first kappa shape index (κ1) is 12.1. The summed E-state index contributed by atoms with van der Waals surface area (Å²) in [7, 11) is 1.65. The van der Waals surface area contributed by atoms with Gasteiger partial charge in [0.05, 0.1) is 17.7 Å². The van der Waals surface area contributed by atoms with Crippen molar-refractivity contribution in [2.75, 3.05) is 12.8 Å². The van der Waals surface area contributed by atoms with Gasteiger partial charge in [0.25, 0.3) is 0 Å². The van der Waals surface area contributed by atoms with Gasteiger partial charge in [0.1, 0.15) is 11.6 Å². The molecule has 1 heterocycles. The monoisotopic (exact) mass is 255 g/mol. The summed E-state index contributed by atoms with van der Waals surface area (Å²) in [6.07, 6.45) is 2.15. The molecule has 0 bridgehead atoms. The van der Waals surface area contributed by atoms with Gasteiger partial charge in [-0.25, -0.2) is 9.97 Å². The Kier molecular flexibility index (Phi) is 2.95. The largest absolute Gasteiger partial charge is 0.384 e. The maximum atomic E-state index is 5.89. The number of ether oxygens (including phenoxy) is 1. The van der Waals surface area contributed by atoms with Gasteiger partial charge in [-0.3, -0.25) is 0 Å². The van der Waals surface area contributed by atoms with Crippen LogP contribution in [0, 0.1) is 0 Å². The van der Waals surface area contributed by atoms with Gasteiger partial charge in [-0.05, 0) is 18.4 Å². The molecule has 0 spiro atoms. The molecule has 4 nitrogen and oxygen atoms in total. The molecule has 4 heteroatoms. The van der Waals surface area contributed by atoms with Crippen LogP contribution in [0.4, 0.5) is 5.82 Å². The molecule has 1 aromatic carbocycles. The van der Waals surface area contributed by atoms with Crippen LogP contribution in [0.15, 0.2) is 36.4 Å². The molecular formula is C15H17N3O. The summed E-state index contributed by atoms with van der Waals surface area (Å²) in [5.74, 6) is 1.34. The highest BCUT2D eigenvalue weighted by Crippen LogP contribution is 2.52. The molecule has 1 aliphatic carbocycles. The zero-order chi connectivity index (χ0) is 13.3. The van der Waals surface area contributed by atoms with Crippen LogP contribution in [0.1, 0.15) is 29.9 Å². The average molecular weight is 255 g/mol. The number of hydrogen-bond donors (Lipinski definition) is 1. The summed E-state index contributed by atoms with van der Waals surface area (Å²) >= 11 is 0. The minimum absolute atomic E-state index is 0.0425. The number of nitrogen functional groups attached to an aromatic ring is 1. The highest BCUT2D eigenvalue weighted by atomic mass is 16.5. The van der Waals surface area contributed by atoms with Crippen LogP contribution in [0.2, 0.25) is 0 Å². The van der Waals surface area contributed by atoms with Crippen molar-refractivity contribution in [2.45, 2.75) is 24.9 Å². The Bertz CT molecular complexity index is 579. The number of aromatic nitrogens is 2. The summed E-state index contributed by atoms with van der Waals surface area (Å²) in [5.41, 5.74) is 7.95. The molecular weight excluding hydrogens is 238 g/mol. The van der Waals surface area contributed by atoms with Crippen molar-refractivity contribution < 1.29 is 4.74 Å². The predicted molar refractivity (Wildman–Crippen MR) is 73.6 cm³/mol. The van der Waals surface area contributed by atoms with Gasteiger partial charge in [-0.1, -0.05) is 30.3 Å². The number of rotatable bonds is 4. The van der Waals surface area contributed by atoms with Crippen molar-refractivity contribution in [3.8, 4) is 0 Å². The second-order valence-electron chi connectivity index (χ2n) is 4.99. The van der Waals surface area contributed by atoms with Gasteiger partial charge in [-0.2, -0.15) is 0 Å². The Morgan fingerprint density at radius 2 is 1.95 bits per heavy atom. The van der Waals surface area contributed by atoms with Crippen molar-refractivity contribution >= 4 is 5.82 Å². The number of anilines is 1. The third kappa shape index (κ3) is 2.19. The fourth-order valence-corrected chi connectivity index (χ4v) is 2.48. The van der Waals surface area contributed by atoms with E-state index in [1.165, 1.54) is 5.56 Å². The highest BCUT2D eigenvalue weighted by molar-refractivity contribution is 5.42. The highest BCUT2D eigenvalue weighted by Gasteiger charge is 2.48. The topological polar surface area (TPSA) is 61.0 Å². The van der Waals surface area contributed by atoms with E-state index in [4.69, 9.17) is 10.5 Å². The lowest BCUT2D eigenvalue weighted by atomic mass is 9.95. The average Bonchev–Trinajstić information content (AvgIpc) is 3.21. The van der Waals surface area contributed by atoms with Gasteiger partial charge in [0, 0.05) is 13.2 Å². The lowest BCUT2D eigenvalue weighted by molar-refractivity contribution is 0.181. The minimum atomic E-state index is -0.0425. The van der Waals surface area contributed by atoms with E-state index < -0.39 is 0 Å². The minimum Gasteiger partial charge on any atom is -0.384 e. The van der Waals surface area contributed by atoms with Crippen molar-refractivity contribution in [1.29, 1.82) is 0 Å². The summed E-state index contributed by atoms with van der Waals surface area (Å²) < 4.78 is 5.13. The van der Waals surface area contributed by atoms with Gasteiger partial charge in [-0.15, -0.1) is 0 Å². The summed E-state index contributed by atoms with van der Waals surface area (Å²) in [6.45, 7) is 0.463. The third-order valence-electron chi connectivity index (χ3n) is 3.60. The number of hydrogen-bond acceptors (Lipinski definition) is 4. The molecule has 1 aromatic heterocycles. The number of nitrogens with two attached hydrogens (primary N) is 1. The van der Waals surface area contributed by atoms with E-state index >= 15 is 0 Å². The lowest BCUT2D eigenvalue weighted by Crippen LogP contribution is -2.16. The zero-order valence-corrected chi connectivity index (χ0v) is 11.0. The molecule has 0 unspecified atom stereocenters. The Balaban J connectivity index is 2.02. The van der Waals surface area contributed by atoms with Crippen LogP contribution < -0.4 is 5.73 Å². The first-order chi connectivity index (χ1) is 9.24. The standard InChI is InChI=1S/C15H17N3O/c1-19-10-12-9-13(16)18-14(17-12)15(7-8-15)11-5-3-2-4-6-11/h2-6,9H,7-8,10H2,1H3,(H2,16,17,18). The van der Waals surface area contributed by atoms with E-state index in [-0.39, 0.29) is 5.41 Å². The van der Waals surface area contributed by atoms with Crippen molar-refractivity contribution in [2.24, 2.45) is 0 Å².